The molecule has 6 nitrogen and oxygen atoms in total. The number of methoxy groups -OCH3 is 1. The minimum atomic E-state index is -0.573. The quantitative estimate of drug-likeness (QED) is 0.649. The molecule has 0 N–H and O–H groups in total. The molecule has 1 aliphatic rings. The van der Waals surface area contributed by atoms with E-state index < -0.39 is 12.4 Å². The van der Waals surface area contributed by atoms with Crippen molar-refractivity contribution >= 4 is 5.91 Å². The summed E-state index contributed by atoms with van der Waals surface area (Å²) in [6.45, 7) is 2.76. The lowest BCUT2D eigenvalue weighted by Gasteiger charge is -2.31. The van der Waals surface area contributed by atoms with E-state index in [4.69, 9.17) is 18.9 Å². The third-order valence-electron chi connectivity index (χ3n) is 5.15. The van der Waals surface area contributed by atoms with E-state index in [1.807, 2.05) is 60.7 Å². The molecule has 1 aliphatic heterocycles. The van der Waals surface area contributed by atoms with Crippen LogP contribution in [0.15, 0.2) is 60.7 Å². The fourth-order valence-corrected chi connectivity index (χ4v) is 3.52. The first-order valence-corrected chi connectivity index (χ1v) is 9.79. The Morgan fingerprint density at radius 2 is 1.59 bits per heavy atom. The topological polar surface area (TPSA) is 57.2 Å². The van der Waals surface area contributed by atoms with E-state index in [1.165, 1.54) is 6.92 Å². The van der Waals surface area contributed by atoms with Gasteiger partial charge in [-0.25, -0.2) is 0 Å². The highest BCUT2D eigenvalue weighted by molar-refractivity contribution is 5.73. The summed E-state index contributed by atoms with van der Waals surface area (Å²) in [6, 6.07) is 19.6. The zero-order chi connectivity index (χ0) is 20.6. The zero-order valence-electron chi connectivity index (χ0n) is 17.2. The van der Waals surface area contributed by atoms with Gasteiger partial charge in [-0.15, -0.1) is 0 Å². The Balaban J connectivity index is 1.68. The van der Waals surface area contributed by atoms with Gasteiger partial charge in [-0.1, -0.05) is 60.7 Å². The van der Waals surface area contributed by atoms with Gasteiger partial charge in [0.25, 0.3) is 0 Å². The highest BCUT2D eigenvalue weighted by Crippen LogP contribution is 2.29. The molecule has 29 heavy (non-hydrogen) atoms. The molecule has 3 rings (SSSR count). The second-order valence-corrected chi connectivity index (χ2v) is 7.16. The van der Waals surface area contributed by atoms with Crippen molar-refractivity contribution in [2.75, 3.05) is 20.8 Å². The molecule has 6 heteroatoms. The van der Waals surface area contributed by atoms with Gasteiger partial charge in [-0.05, 0) is 11.1 Å². The van der Waals surface area contributed by atoms with Gasteiger partial charge in [0.2, 0.25) is 5.91 Å². The second-order valence-electron chi connectivity index (χ2n) is 7.16. The van der Waals surface area contributed by atoms with Gasteiger partial charge in [0.05, 0.1) is 25.9 Å². The Morgan fingerprint density at radius 1 is 1.00 bits per heavy atom. The molecule has 4 atom stereocenters. The normalized spacial score (nSPS) is 23.8. The minimum absolute atomic E-state index is 0.0586. The standard InChI is InChI=1S/C23H29NO5/c1-17(25)24(2)21-20(16-27-14-18-10-6-4-7-11-18)29-23(26-3)22(21)28-15-19-12-8-5-9-13-19/h4-13,20-23H,14-16H2,1-3H3. The van der Waals surface area contributed by atoms with Crippen LogP contribution in [-0.2, 0) is 37.0 Å². The van der Waals surface area contributed by atoms with Crippen LogP contribution in [0.4, 0.5) is 0 Å². The first-order valence-electron chi connectivity index (χ1n) is 9.79. The Kier molecular flexibility index (Phi) is 7.77. The predicted octanol–water partition coefficient (Wildman–Crippen LogP) is 3.01. The molecule has 0 saturated carbocycles. The van der Waals surface area contributed by atoms with Crippen LogP contribution in [0.3, 0.4) is 0 Å². The first kappa shape index (κ1) is 21.5. The molecule has 1 fully saturated rings. The average molecular weight is 399 g/mol. The van der Waals surface area contributed by atoms with Crippen LogP contribution in [0.25, 0.3) is 0 Å². The molecule has 0 aliphatic carbocycles. The highest BCUT2D eigenvalue weighted by atomic mass is 16.7. The Labute approximate surface area is 172 Å². The van der Waals surface area contributed by atoms with Crippen molar-refractivity contribution in [3.05, 3.63) is 71.8 Å². The van der Waals surface area contributed by atoms with Crippen molar-refractivity contribution in [2.24, 2.45) is 0 Å². The third-order valence-corrected chi connectivity index (χ3v) is 5.15. The maximum absolute atomic E-state index is 12.1. The maximum Gasteiger partial charge on any atom is 0.219 e. The summed E-state index contributed by atoms with van der Waals surface area (Å²) < 4.78 is 23.7. The minimum Gasteiger partial charge on any atom is -0.374 e. The smallest absolute Gasteiger partial charge is 0.219 e. The van der Waals surface area contributed by atoms with Crippen LogP contribution in [0.5, 0.6) is 0 Å². The number of rotatable bonds is 9. The van der Waals surface area contributed by atoms with Gasteiger partial charge in [0.15, 0.2) is 6.29 Å². The van der Waals surface area contributed by atoms with Gasteiger partial charge in [0.1, 0.15) is 12.2 Å². The number of benzene rings is 2. The molecule has 1 heterocycles. The average Bonchev–Trinajstić information content (AvgIpc) is 3.10. The number of hydrogen-bond acceptors (Lipinski definition) is 5. The molecular formula is C23H29NO5. The SMILES string of the molecule is COC1OC(COCc2ccccc2)C(N(C)C(C)=O)C1OCc1ccccc1. The number of amides is 1. The van der Waals surface area contributed by atoms with Crippen LogP contribution in [0.1, 0.15) is 18.1 Å². The number of ether oxygens (including phenoxy) is 4. The van der Waals surface area contributed by atoms with Crippen molar-refractivity contribution in [1.82, 2.24) is 4.90 Å². The second kappa shape index (κ2) is 10.5. The molecule has 1 saturated heterocycles. The summed E-state index contributed by atoms with van der Waals surface area (Å²) in [7, 11) is 3.35. The zero-order valence-corrected chi connectivity index (χ0v) is 17.2. The van der Waals surface area contributed by atoms with E-state index in [2.05, 4.69) is 0 Å². The van der Waals surface area contributed by atoms with Crippen molar-refractivity contribution in [2.45, 2.75) is 44.7 Å². The number of hydrogen-bond donors (Lipinski definition) is 0. The van der Waals surface area contributed by atoms with Gasteiger partial charge in [-0.3, -0.25) is 4.79 Å². The van der Waals surface area contributed by atoms with Crippen molar-refractivity contribution in [3.63, 3.8) is 0 Å². The van der Waals surface area contributed by atoms with E-state index in [9.17, 15) is 4.79 Å². The van der Waals surface area contributed by atoms with E-state index in [0.29, 0.717) is 19.8 Å². The lowest BCUT2D eigenvalue weighted by molar-refractivity contribution is -0.170. The molecule has 4 unspecified atom stereocenters. The predicted molar refractivity (Wildman–Crippen MR) is 109 cm³/mol. The summed E-state index contributed by atoms with van der Waals surface area (Å²) >= 11 is 0. The van der Waals surface area contributed by atoms with Gasteiger partial charge < -0.3 is 23.8 Å². The summed E-state index contributed by atoms with van der Waals surface area (Å²) in [4.78, 5) is 13.8. The Morgan fingerprint density at radius 3 is 2.14 bits per heavy atom. The van der Waals surface area contributed by atoms with E-state index in [1.54, 1.807) is 19.1 Å². The maximum atomic E-state index is 12.1. The van der Waals surface area contributed by atoms with Crippen LogP contribution in [-0.4, -0.2) is 56.1 Å². The van der Waals surface area contributed by atoms with Crippen molar-refractivity contribution in [3.8, 4) is 0 Å². The fourth-order valence-electron chi connectivity index (χ4n) is 3.52. The third kappa shape index (κ3) is 5.64. The largest absolute Gasteiger partial charge is 0.374 e. The molecule has 0 radical (unpaired) electrons. The summed E-state index contributed by atoms with van der Waals surface area (Å²) in [5.41, 5.74) is 2.14. The Hall–Kier alpha value is -2.25. The number of carbonyl (C=O) groups is 1. The molecule has 0 bridgehead atoms. The highest BCUT2D eigenvalue weighted by Gasteiger charge is 2.48. The fraction of sp³-hybridized carbons (Fsp3) is 0.435. The number of likely N-dealkylation sites (N-methyl/N-ethyl adjacent to an activating group) is 1. The van der Waals surface area contributed by atoms with Crippen LogP contribution in [0.2, 0.25) is 0 Å². The van der Waals surface area contributed by atoms with Crippen LogP contribution < -0.4 is 0 Å². The monoisotopic (exact) mass is 399 g/mol. The first-order chi connectivity index (χ1) is 14.1. The molecule has 2 aromatic carbocycles. The lowest BCUT2D eigenvalue weighted by Crippen LogP contribution is -2.50. The summed E-state index contributed by atoms with van der Waals surface area (Å²) in [5.74, 6) is -0.0586. The van der Waals surface area contributed by atoms with Crippen LogP contribution >= 0.6 is 0 Å². The molecule has 2 aromatic rings. The summed E-state index contributed by atoms with van der Waals surface area (Å²) in [6.07, 6.45) is -1.34. The number of nitrogens with zero attached hydrogens (tertiary/aromatic N) is 1. The molecule has 1 amide bonds. The number of carbonyl (C=O) groups excluding carboxylic acids is 1. The molecule has 0 spiro atoms. The van der Waals surface area contributed by atoms with Gasteiger partial charge >= 0.3 is 0 Å². The van der Waals surface area contributed by atoms with Crippen molar-refractivity contribution < 1.29 is 23.7 Å². The molecule has 156 valence electrons. The van der Waals surface area contributed by atoms with E-state index in [0.717, 1.165) is 11.1 Å². The van der Waals surface area contributed by atoms with Gasteiger partial charge in [-0.2, -0.15) is 0 Å². The van der Waals surface area contributed by atoms with Gasteiger partial charge in [0, 0.05) is 21.1 Å². The van der Waals surface area contributed by atoms with E-state index in [-0.39, 0.29) is 18.1 Å². The van der Waals surface area contributed by atoms with Crippen LogP contribution in [0, 0.1) is 0 Å². The Bertz CT molecular complexity index is 754. The van der Waals surface area contributed by atoms with Crippen molar-refractivity contribution in [1.29, 1.82) is 0 Å². The molecular weight excluding hydrogens is 370 g/mol. The summed E-state index contributed by atoms with van der Waals surface area (Å²) in [5, 5.41) is 0. The van der Waals surface area contributed by atoms with E-state index >= 15 is 0 Å². The lowest BCUT2D eigenvalue weighted by atomic mass is 10.1. The molecule has 0 aromatic heterocycles.